The number of likely N-dealkylation sites (N-methyl/N-ethyl adjacent to an activating group) is 2. The normalized spacial score (nSPS) is 21.7. The van der Waals surface area contributed by atoms with Crippen LogP contribution in [0.2, 0.25) is 0 Å². The number of nitrogens with zero attached hydrogens (tertiary/aromatic N) is 2. The summed E-state index contributed by atoms with van der Waals surface area (Å²) in [6.07, 6.45) is -0.824. The maximum atomic E-state index is 15.4. The maximum Gasteiger partial charge on any atom is 0.245 e. The Hall–Kier alpha value is -4.93. The van der Waals surface area contributed by atoms with Crippen LogP contribution in [0.3, 0.4) is 0 Å². The number of carbonyl (C=O) groups is 4. The average molecular weight is 809 g/mol. The summed E-state index contributed by atoms with van der Waals surface area (Å²) in [5.41, 5.74) is 3.37. The SMILES string of the molecule is CC[C@H](NC(=O)[C@H](C)NC)C(=O)N1C[C@@H](O)C[C@H]1Cc1c(-c2[nH]c3cc(F)ccc3c2C[C@@H]2C[C@H](F)CN2C(=O)[C@H](CC)NC(=O)[C@H](C)NC)[nH]c2cc(F)ccc12. The van der Waals surface area contributed by atoms with Crippen molar-refractivity contribution in [3.63, 3.8) is 0 Å². The Labute approximate surface area is 335 Å². The Balaban J connectivity index is 1.40. The molecule has 2 aliphatic rings. The van der Waals surface area contributed by atoms with Gasteiger partial charge in [-0.1, -0.05) is 13.8 Å². The third-order valence-corrected chi connectivity index (χ3v) is 11.9. The molecule has 0 unspecified atom stereocenters. The number of hydrogen-bond acceptors (Lipinski definition) is 7. The Bertz CT molecular complexity index is 2010. The lowest BCUT2D eigenvalue weighted by atomic mass is 9.94. The smallest absolute Gasteiger partial charge is 0.245 e. The van der Waals surface area contributed by atoms with E-state index < -0.39 is 66.1 Å². The number of aliphatic hydroxyl groups is 1. The quantitative estimate of drug-likeness (QED) is 0.0962. The van der Waals surface area contributed by atoms with Gasteiger partial charge in [-0.2, -0.15) is 0 Å². The molecule has 2 aromatic heterocycles. The molecule has 8 atom stereocenters. The summed E-state index contributed by atoms with van der Waals surface area (Å²) in [5.74, 6) is -2.38. The summed E-state index contributed by atoms with van der Waals surface area (Å²) in [7, 11) is 3.29. The molecule has 13 nitrogen and oxygen atoms in total. The van der Waals surface area contributed by atoms with Crippen molar-refractivity contribution in [1.82, 2.24) is 41.0 Å². The zero-order chi connectivity index (χ0) is 42.0. The van der Waals surface area contributed by atoms with Gasteiger partial charge in [-0.25, -0.2) is 13.2 Å². The highest BCUT2D eigenvalue weighted by Crippen LogP contribution is 2.40. The molecule has 2 saturated heterocycles. The molecule has 0 saturated carbocycles. The van der Waals surface area contributed by atoms with Crippen molar-refractivity contribution in [2.75, 3.05) is 27.2 Å². The van der Waals surface area contributed by atoms with Crippen molar-refractivity contribution < 1.29 is 37.5 Å². The van der Waals surface area contributed by atoms with E-state index >= 15 is 4.39 Å². The molecule has 7 N–H and O–H groups in total. The van der Waals surface area contributed by atoms with E-state index in [0.29, 0.717) is 57.2 Å². The van der Waals surface area contributed by atoms with Crippen LogP contribution in [0.15, 0.2) is 36.4 Å². The second-order valence-corrected chi connectivity index (χ2v) is 15.7. The van der Waals surface area contributed by atoms with Gasteiger partial charge in [0.2, 0.25) is 23.6 Å². The van der Waals surface area contributed by atoms with Crippen LogP contribution < -0.4 is 21.3 Å². The molecule has 0 aliphatic carbocycles. The van der Waals surface area contributed by atoms with E-state index in [9.17, 15) is 33.1 Å². The van der Waals surface area contributed by atoms with Crippen molar-refractivity contribution in [3.05, 3.63) is 59.2 Å². The largest absolute Gasteiger partial charge is 0.391 e. The van der Waals surface area contributed by atoms with E-state index in [1.54, 1.807) is 58.8 Å². The van der Waals surface area contributed by atoms with Crippen LogP contribution in [0.25, 0.3) is 33.2 Å². The highest BCUT2D eigenvalue weighted by molar-refractivity contribution is 5.97. The maximum absolute atomic E-state index is 15.4. The molecule has 4 heterocycles. The zero-order valence-electron chi connectivity index (χ0n) is 33.8. The molecule has 0 bridgehead atoms. The minimum atomic E-state index is -1.31. The van der Waals surface area contributed by atoms with Crippen LogP contribution in [-0.4, -0.2) is 124 Å². The number of alkyl halides is 1. The van der Waals surface area contributed by atoms with Crippen molar-refractivity contribution in [1.29, 1.82) is 0 Å². The summed E-state index contributed by atoms with van der Waals surface area (Å²) in [6.45, 7) is 6.85. The number of carbonyl (C=O) groups excluding carboxylic acids is 4. The first-order chi connectivity index (χ1) is 27.7. The van der Waals surface area contributed by atoms with E-state index in [4.69, 9.17) is 0 Å². The first kappa shape index (κ1) is 42.7. The Morgan fingerprint density at radius 3 is 1.60 bits per heavy atom. The minimum absolute atomic E-state index is 0.0420. The molecule has 58 heavy (non-hydrogen) atoms. The van der Waals surface area contributed by atoms with Crippen molar-refractivity contribution >= 4 is 45.4 Å². The predicted molar refractivity (Wildman–Crippen MR) is 216 cm³/mol. The molecule has 16 heteroatoms. The number of amides is 4. The van der Waals surface area contributed by atoms with Gasteiger partial charge in [-0.3, -0.25) is 19.2 Å². The van der Waals surface area contributed by atoms with Gasteiger partial charge in [0.05, 0.1) is 36.1 Å². The zero-order valence-corrected chi connectivity index (χ0v) is 33.8. The van der Waals surface area contributed by atoms with E-state index in [2.05, 4.69) is 31.2 Å². The third kappa shape index (κ3) is 8.73. The van der Waals surface area contributed by atoms with E-state index in [-0.39, 0.29) is 56.5 Å². The molecule has 0 spiro atoms. The van der Waals surface area contributed by atoms with Crippen LogP contribution >= 0.6 is 0 Å². The molecule has 2 fully saturated rings. The van der Waals surface area contributed by atoms with Gasteiger partial charge in [0.1, 0.15) is 29.9 Å². The molecule has 4 amide bonds. The monoisotopic (exact) mass is 808 g/mol. The van der Waals surface area contributed by atoms with Crippen LogP contribution in [0.1, 0.15) is 64.5 Å². The number of aromatic nitrogens is 2. The summed E-state index contributed by atoms with van der Waals surface area (Å²) < 4.78 is 44.9. The lowest BCUT2D eigenvalue weighted by molar-refractivity contribution is -0.138. The number of aromatic amines is 2. The topological polar surface area (TPSA) is 175 Å². The minimum Gasteiger partial charge on any atom is -0.391 e. The highest BCUT2D eigenvalue weighted by atomic mass is 19.1. The van der Waals surface area contributed by atoms with Crippen molar-refractivity contribution in [2.24, 2.45) is 0 Å². The highest BCUT2D eigenvalue weighted by Gasteiger charge is 2.41. The summed E-state index contributed by atoms with van der Waals surface area (Å²) in [6, 6.07) is 4.77. The number of aliphatic hydroxyl groups excluding tert-OH is 1. The number of nitrogens with one attached hydrogen (secondary N) is 6. The van der Waals surface area contributed by atoms with Gasteiger partial charge in [-0.15, -0.1) is 0 Å². The van der Waals surface area contributed by atoms with Crippen molar-refractivity contribution in [2.45, 2.75) is 115 Å². The van der Waals surface area contributed by atoms with Gasteiger partial charge >= 0.3 is 0 Å². The van der Waals surface area contributed by atoms with Crippen LogP contribution in [0.4, 0.5) is 13.2 Å². The summed E-state index contributed by atoms with van der Waals surface area (Å²) in [4.78, 5) is 63.4. The van der Waals surface area contributed by atoms with Gasteiger partial charge in [0.25, 0.3) is 0 Å². The Morgan fingerprint density at radius 2 is 1.17 bits per heavy atom. The second kappa shape index (κ2) is 17.9. The lowest BCUT2D eigenvalue weighted by Gasteiger charge is -2.30. The lowest BCUT2D eigenvalue weighted by Crippen LogP contribution is -2.53. The number of benzene rings is 2. The van der Waals surface area contributed by atoms with Gasteiger partial charge < -0.3 is 46.1 Å². The van der Waals surface area contributed by atoms with E-state index in [1.165, 1.54) is 29.2 Å². The molecule has 314 valence electrons. The Morgan fingerprint density at radius 1 is 0.741 bits per heavy atom. The van der Waals surface area contributed by atoms with Crippen LogP contribution in [-0.2, 0) is 32.0 Å². The molecule has 0 radical (unpaired) electrons. The number of hydrogen-bond donors (Lipinski definition) is 7. The number of fused-ring (bicyclic) bond motifs is 2. The van der Waals surface area contributed by atoms with Gasteiger partial charge in [0.15, 0.2) is 0 Å². The van der Waals surface area contributed by atoms with Gasteiger partial charge in [-0.05, 0) is 108 Å². The molecule has 6 rings (SSSR count). The fraction of sp³-hybridized carbons (Fsp3) is 0.524. The average Bonchev–Trinajstić information content (AvgIpc) is 3.96. The Kier molecular flexibility index (Phi) is 13.2. The molecule has 4 aromatic rings. The molecule has 2 aliphatic heterocycles. The van der Waals surface area contributed by atoms with E-state index in [0.717, 1.165) is 0 Å². The molecule has 2 aromatic carbocycles. The van der Waals surface area contributed by atoms with E-state index in [1.807, 2.05) is 0 Å². The predicted octanol–water partition coefficient (Wildman–Crippen LogP) is 3.59. The standard InChI is InChI=1S/C42H55F3N8O5/c1-7-33(50-39(55)21(3)46-5)41(57)52-19-25(45)13-26(52)17-31-29-11-9-23(43)14-35(29)48-37(31)38-32(30-12-10-24(44)15-36(30)49-38)18-27-16-28(54)20-53(27)42(58)34(8-2)51-40(56)22(4)47-6/h9-12,14-15,21-22,25-28,33-34,46-49,54H,7-8,13,16-20H2,1-6H3,(H,50,55)(H,51,56)/t21-,22-,25-,26-,27-,28-,33-,34-/m0/s1. The number of H-pyrrole nitrogens is 2. The van der Waals surface area contributed by atoms with Crippen LogP contribution in [0, 0.1) is 11.6 Å². The fourth-order valence-corrected chi connectivity index (χ4v) is 8.39. The first-order valence-corrected chi connectivity index (χ1v) is 20.2. The first-order valence-electron chi connectivity index (χ1n) is 20.2. The number of likely N-dealkylation sites (tertiary alicyclic amines) is 2. The number of β-amino-alcohol motifs (C(OH)–C–C–N with tert-alkyl or cyclic N) is 1. The summed E-state index contributed by atoms with van der Waals surface area (Å²) >= 11 is 0. The third-order valence-electron chi connectivity index (χ3n) is 11.9. The van der Waals surface area contributed by atoms with Crippen molar-refractivity contribution in [3.8, 4) is 11.4 Å². The second-order valence-electron chi connectivity index (χ2n) is 15.7. The number of rotatable bonds is 15. The van der Waals surface area contributed by atoms with Gasteiger partial charge in [0, 0.05) is 46.9 Å². The molecular weight excluding hydrogens is 754 g/mol. The van der Waals surface area contributed by atoms with Crippen LogP contribution in [0.5, 0.6) is 0 Å². The number of halogens is 3. The fourth-order valence-electron chi connectivity index (χ4n) is 8.39. The molecular formula is C42H55F3N8O5. The summed E-state index contributed by atoms with van der Waals surface area (Å²) in [5, 5.41) is 23.6.